The van der Waals surface area contributed by atoms with Crippen molar-refractivity contribution in [1.82, 2.24) is 0 Å². The molecule has 0 aliphatic carbocycles. The van der Waals surface area contributed by atoms with Crippen molar-refractivity contribution in [2.45, 2.75) is 13.1 Å². The van der Waals surface area contributed by atoms with Crippen LogP contribution in [-0.2, 0) is 13.1 Å². The van der Waals surface area contributed by atoms with Crippen molar-refractivity contribution >= 4 is 5.69 Å². The third-order valence-electron chi connectivity index (χ3n) is 4.75. The zero-order chi connectivity index (χ0) is 19.2. The minimum Gasteiger partial charge on any atom is -0.238 e. The lowest BCUT2D eigenvalue weighted by molar-refractivity contribution is -0.688. The number of hydrogen-bond donors (Lipinski definition) is 0. The van der Waals surface area contributed by atoms with Gasteiger partial charge >= 0.3 is 0 Å². The van der Waals surface area contributed by atoms with E-state index in [1.165, 1.54) is 22.3 Å². The first-order valence-corrected chi connectivity index (χ1v) is 9.29. The summed E-state index contributed by atoms with van der Waals surface area (Å²) in [5.41, 5.74) is 5.57. The SMILES string of the molecule is [C-]#[N+]c1ccc(C[n+]2ccc(-c3cc[n+](Cc4ccccc4)cc3)cc2)cc1. The van der Waals surface area contributed by atoms with Gasteiger partial charge in [0.2, 0.25) is 0 Å². The Kier molecular flexibility index (Phi) is 5.22. The van der Waals surface area contributed by atoms with Gasteiger partial charge in [-0.05, 0) is 11.1 Å². The molecule has 2 heterocycles. The van der Waals surface area contributed by atoms with E-state index in [-0.39, 0.29) is 0 Å². The quantitative estimate of drug-likeness (QED) is 0.364. The lowest BCUT2D eigenvalue weighted by atomic mass is 10.1. The number of benzene rings is 2. The highest BCUT2D eigenvalue weighted by molar-refractivity contribution is 5.61. The van der Waals surface area contributed by atoms with Crippen LogP contribution in [0.15, 0.2) is 104 Å². The zero-order valence-corrected chi connectivity index (χ0v) is 15.6. The van der Waals surface area contributed by atoms with Crippen molar-refractivity contribution in [2.24, 2.45) is 0 Å². The van der Waals surface area contributed by atoms with Gasteiger partial charge in [0.15, 0.2) is 43.6 Å². The average Bonchev–Trinajstić information content (AvgIpc) is 2.76. The Balaban J connectivity index is 1.43. The lowest BCUT2D eigenvalue weighted by Gasteiger charge is -2.02. The van der Waals surface area contributed by atoms with Crippen LogP contribution >= 0.6 is 0 Å². The highest BCUT2D eigenvalue weighted by atomic mass is 14.9. The van der Waals surface area contributed by atoms with E-state index in [1.54, 1.807) is 0 Å². The van der Waals surface area contributed by atoms with Crippen LogP contribution in [0.3, 0.4) is 0 Å². The molecule has 0 amide bonds. The molecule has 3 nitrogen and oxygen atoms in total. The summed E-state index contributed by atoms with van der Waals surface area (Å²) in [4.78, 5) is 3.43. The maximum absolute atomic E-state index is 7.03. The fourth-order valence-corrected chi connectivity index (χ4v) is 3.19. The molecular formula is C25H21N3+2. The molecule has 4 aromatic rings. The fraction of sp³-hybridized carbons (Fsp3) is 0.0800. The summed E-state index contributed by atoms with van der Waals surface area (Å²) in [6.45, 7) is 8.70. The van der Waals surface area contributed by atoms with Gasteiger partial charge in [-0.3, -0.25) is 0 Å². The van der Waals surface area contributed by atoms with E-state index in [0.29, 0.717) is 5.69 Å². The monoisotopic (exact) mass is 363 g/mol. The average molecular weight is 363 g/mol. The number of aromatic nitrogens is 2. The van der Waals surface area contributed by atoms with Crippen LogP contribution in [0.2, 0.25) is 0 Å². The molecule has 0 spiro atoms. The topological polar surface area (TPSA) is 12.1 Å². The number of rotatable bonds is 5. The first kappa shape index (κ1) is 17.6. The molecule has 0 N–H and O–H groups in total. The molecule has 134 valence electrons. The van der Waals surface area contributed by atoms with Crippen LogP contribution in [-0.4, -0.2) is 0 Å². The van der Waals surface area contributed by atoms with Crippen molar-refractivity contribution in [3.05, 3.63) is 126 Å². The van der Waals surface area contributed by atoms with Crippen molar-refractivity contribution < 1.29 is 9.13 Å². The summed E-state index contributed by atoms with van der Waals surface area (Å²) in [7, 11) is 0. The van der Waals surface area contributed by atoms with Gasteiger partial charge in [-0.15, -0.1) is 0 Å². The van der Waals surface area contributed by atoms with Crippen molar-refractivity contribution in [1.29, 1.82) is 0 Å². The molecule has 3 heteroatoms. The molecule has 2 aromatic carbocycles. The summed E-state index contributed by atoms with van der Waals surface area (Å²) >= 11 is 0. The first-order chi connectivity index (χ1) is 13.8. The van der Waals surface area contributed by atoms with E-state index < -0.39 is 0 Å². The third-order valence-corrected chi connectivity index (χ3v) is 4.75. The fourth-order valence-electron chi connectivity index (χ4n) is 3.19. The normalized spacial score (nSPS) is 10.4. The Labute approximate surface area is 165 Å². The summed E-state index contributed by atoms with van der Waals surface area (Å²) in [6.07, 6.45) is 8.46. The maximum atomic E-state index is 7.03. The van der Waals surface area contributed by atoms with Gasteiger partial charge in [0, 0.05) is 35.4 Å². The number of hydrogen-bond acceptors (Lipinski definition) is 0. The summed E-state index contributed by atoms with van der Waals surface area (Å²) in [5.74, 6) is 0. The third kappa shape index (κ3) is 4.31. The Hall–Kier alpha value is -3.77. The molecule has 0 saturated carbocycles. The van der Waals surface area contributed by atoms with Crippen molar-refractivity contribution in [2.75, 3.05) is 0 Å². The van der Waals surface area contributed by atoms with Crippen molar-refractivity contribution in [3.63, 3.8) is 0 Å². The molecule has 0 atom stereocenters. The van der Waals surface area contributed by atoms with Crippen molar-refractivity contribution in [3.8, 4) is 11.1 Å². The standard InChI is InChI=1S/C25H21N3/c1-26-25-9-7-22(8-10-25)20-28-17-13-24(14-18-28)23-11-15-27(16-12-23)19-21-5-3-2-4-6-21/h2-18H,19-20H2/q+2. The largest absolute Gasteiger partial charge is 0.238 e. The molecule has 0 radical (unpaired) electrons. The van der Waals surface area contributed by atoms with Gasteiger partial charge in [0.25, 0.3) is 0 Å². The molecule has 2 aromatic heterocycles. The first-order valence-electron chi connectivity index (χ1n) is 9.29. The minimum absolute atomic E-state index is 0.678. The van der Waals surface area contributed by atoms with Gasteiger partial charge in [0.05, 0.1) is 6.57 Å². The second-order valence-corrected chi connectivity index (χ2v) is 6.78. The predicted molar refractivity (Wildman–Crippen MR) is 110 cm³/mol. The summed E-state index contributed by atoms with van der Waals surface area (Å²) in [5, 5.41) is 0. The lowest BCUT2D eigenvalue weighted by Crippen LogP contribution is -2.33. The molecule has 0 fully saturated rings. The Morgan fingerprint density at radius 1 is 0.571 bits per heavy atom. The van der Waals surface area contributed by atoms with Gasteiger partial charge in [-0.1, -0.05) is 54.6 Å². The summed E-state index contributed by atoms with van der Waals surface area (Å²) in [6, 6.07) is 26.8. The van der Waals surface area contributed by atoms with Crippen LogP contribution in [0.1, 0.15) is 11.1 Å². The Morgan fingerprint density at radius 3 is 1.50 bits per heavy atom. The van der Waals surface area contributed by atoms with Crippen LogP contribution in [0.25, 0.3) is 16.0 Å². The molecule has 0 bridgehead atoms. The van der Waals surface area contributed by atoms with E-state index >= 15 is 0 Å². The zero-order valence-electron chi connectivity index (χ0n) is 15.6. The molecule has 0 aliphatic rings. The molecule has 28 heavy (non-hydrogen) atoms. The maximum Gasteiger partial charge on any atom is 0.187 e. The second kappa shape index (κ2) is 8.28. The van der Waals surface area contributed by atoms with Crippen LogP contribution < -0.4 is 9.13 Å². The minimum atomic E-state index is 0.678. The summed E-state index contributed by atoms with van der Waals surface area (Å²) < 4.78 is 4.34. The highest BCUT2D eigenvalue weighted by Crippen LogP contribution is 2.16. The van der Waals surface area contributed by atoms with Gasteiger partial charge in [-0.25, -0.2) is 14.0 Å². The Morgan fingerprint density at radius 2 is 1.04 bits per heavy atom. The second-order valence-electron chi connectivity index (χ2n) is 6.78. The van der Waals surface area contributed by atoms with Gasteiger partial charge in [0.1, 0.15) is 0 Å². The van der Waals surface area contributed by atoms with Crippen LogP contribution in [0, 0.1) is 6.57 Å². The molecule has 0 saturated heterocycles. The Bertz CT molecular complexity index is 1080. The van der Waals surface area contributed by atoms with E-state index in [0.717, 1.165) is 13.1 Å². The van der Waals surface area contributed by atoms with Crippen LogP contribution in [0.5, 0.6) is 0 Å². The van der Waals surface area contributed by atoms with E-state index in [4.69, 9.17) is 6.57 Å². The molecule has 4 rings (SSSR count). The van der Waals surface area contributed by atoms with Crippen LogP contribution in [0.4, 0.5) is 5.69 Å². The van der Waals surface area contributed by atoms with E-state index in [2.05, 4.69) is 87.3 Å². The highest BCUT2D eigenvalue weighted by Gasteiger charge is 2.07. The molecular weight excluding hydrogens is 342 g/mol. The number of nitrogens with zero attached hydrogens (tertiary/aromatic N) is 3. The predicted octanol–water partition coefficient (Wildman–Crippen LogP) is 4.58. The van der Waals surface area contributed by atoms with E-state index in [9.17, 15) is 0 Å². The van der Waals surface area contributed by atoms with Gasteiger partial charge < -0.3 is 0 Å². The number of pyridine rings is 2. The van der Waals surface area contributed by atoms with Gasteiger partial charge in [-0.2, -0.15) is 0 Å². The molecule has 0 aliphatic heterocycles. The molecule has 0 unspecified atom stereocenters. The smallest absolute Gasteiger partial charge is 0.187 e. The van der Waals surface area contributed by atoms with E-state index in [1.807, 2.05) is 30.3 Å².